The molecule has 11 N–H and O–H groups in total. The van der Waals surface area contributed by atoms with Gasteiger partial charge in [-0.2, -0.15) is 0 Å². The van der Waals surface area contributed by atoms with Crippen LogP contribution in [0.5, 0.6) is 11.8 Å². The van der Waals surface area contributed by atoms with Crippen molar-refractivity contribution in [2.75, 3.05) is 46.7 Å². The first-order valence-corrected chi connectivity index (χ1v) is 36.4. The van der Waals surface area contributed by atoms with Gasteiger partial charge in [-0.15, -0.1) is 11.8 Å². The molecular formula is C73H117N11O15S. The molecule has 26 nitrogen and oxygen atoms in total. The number of ether oxygens (including phenoxy) is 3. The number of hydrogen-bond donors (Lipinski definition) is 10. The van der Waals surface area contributed by atoms with E-state index in [0.717, 1.165) is 12.8 Å². The summed E-state index contributed by atoms with van der Waals surface area (Å²) in [4.78, 5) is 129. The lowest BCUT2D eigenvalue weighted by atomic mass is 9.89. The van der Waals surface area contributed by atoms with Gasteiger partial charge in [-0.25, -0.2) is 9.59 Å². The normalized spacial score (nSPS) is 16.4. The Morgan fingerprint density at radius 1 is 0.720 bits per heavy atom. The van der Waals surface area contributed by atoms with E-state index in [1.807, 2.05) is 32.0 Å². The summed E-state index contributed by atoms with van der Waals surface area (Å²) >= 11 is 1.53. The maximum Gasteiger partial charge on any atom is 0.410 e. The number of amides is 10. The molecule has 1 fully saturated rings. The van der Waals surface area contributed by atoms with Crippen LogP contribution in [0, 0.1) is 29.6 Å². The molecule has 2 aromatic carbocycles. The third kappa shape index (κ3) is 24.9. The number of urea groups is 1. The van der Waals surface area contributed by atoms with Crippen LogP contribution in [0.2, 0.25) is 0 Å². The summed E-state index contributed by atoms with van der Waals surface area (Å²) in [5.74, 6) is -5.21. The Balaban J connectivity index is 1.37. The van der Waals surface area contributed by atoms with Crippen LogP contribution in [0.25, 0.3) is 0 Å². The molecule has 10 amide bonds. The van der Waals surface area contributed by atoms with Gasteiger partial charge < -0.3 is 77.0 Å². The number of primary amides is 1. The van der Waals surface area contributed by atoms with Crippen LogP contribution in [0.4, 0.5) is 15.3 Å². The molecule has 0 spiro atoms. The van der Waals surface area contributed by atoms with E-state index in [9.17, 15) is 58.5 Å². The van der Waals surface area contributed by atoms with Crippen LogP contribution in [0.1, 0.15) is 177 Å². The summed E-state index contributed by atoms with van der Waals surface area (Å²) in [6, 6.07) is 10.4. The second-order valence-electron chi connectivity index (χ2n) is 27.5. The lowest BCUT2D eigenvalue weighted by molar-refractivity contribution is -0.148. The summed E-state index contributed by atoms with van der Waals surface area (Å²) in [5.41, 5.74) is 6.82. The third-order valence-electron chi connectivity index (χ3n) is 19.0. The molecule has 1 aliphatic heterocycles. The molecule has 1 aliphatic rings. The van der Waals surface area contributed by atoms with Gasteiger partial charge in [-0.1, -0.05) is 131 Å². The van der Waals surface area contributed by atoms with E-state index in [1.54, 1.807) is 115 Å². The maximum absolute atomic E-state index is 14.8. The van der Waals surface area contributed by atoms with Gasteiger partial charge >= 0.3 is 12.1 Å². The predicted octanol–water partition coefficient (Wildman–Crippen LogP) is 8.35. The molecule has 1 saturated heterocycles. The van der Waals surface area contributed by atoms with Crippen molar-refractivity contribution in [3.63, 3.8) is 0 Å². The number of carbonyl (C=O) groups excluding carboxylic acids is 9. The molecule has 3 aromatic rings. The first kappa shape index (κ1) is 84.8. The summed E-state index contributed by atoms with van der Waals surface area (Å²) in [6.07, 6.45) is 2.57. The van der Waals surface area contributed by atoms with Crippen molar-refractivity contribution in [1.82, 2.24) is 45.9 Å². The quantitative estimate of drug-likeness (QED) is 0.0188. The minimum Gasteiger partial charge on any atom is -0.494 e. The fourth-order valence-corrected chi connectivity index (χ4v) is 13.9. The summed E-state index contributed by atoms with van der Waals surface area (Å²) in [7, 11) is 6.09. The van der Waals surface area contributed by atoms with Crippen LogP contribution in [-0.4, -0.2) is 189 Å². The SMILES string of the molecule is CCC(CC)Sc1cc(O)n(CCCCCC(=O)NC(C(=O)NC(CCCNC(N)=O)C(=O)Nc2ccc(COC(=O)N(C)C(C(=O)NC(C(=O)N(C)C(C(C)CC)C(CC(=O)N3CCCC3C(OC)C(C)C(=O)NC(C)C(O)c3ccccc3)OC)C(C)C)C(C)C)cc2)C(C)C)c1O. The lowest BCUT2D eigenvalue weighted by Gasteiger charge is -2.41. The summed E-state index contributed by atoms with van der Waals surface area (Å²) in [6.45, 7) is 22.9. The van der Waals surface area contributed by atoms with Crippen molar-refractivity contribution >= 4 is 70.9 Å². The van der Waals surface area contributed by atoms with E-state index in [1.165, 1.54) is 42.5 Å². The Hall–Kier alpha value is -7.62. The Morgan fingerprint density at radius 2 is 1.37 bits per heavy atom. The number of rotatable bonds is 42. The number of aromatic nitrogens is 1. The smallest absolute Gasteiger partial charge is 0.410 e. The Kier molecular flexibility index (Phi) is 35.6. The Bertz CT molecular complexity index is 3100. The molecule has 12 atom stereocenters. The molecule has 0 saturated carbocycles. The minimum absolute atomic E-state index is 0.0186. The van der Waals surface area contributed by atoms with Crippen molar-refractivity contribution in [1.29, 1.82) is 0 Å². The van der Waals surface area contributed by atoms with E-state index in [4.69, 9.17) is 19.9 Å². The van der Waals surface area contributed by atoms with Gasteiger partial charge in [-0.05, 0) is 105 Å². The maximum atomic E-state index is 14.8. The van der Waals surface area contributed by atoms with Gasteiger partial charge in [0, 0.05) is 71.4 Å². The number of likely N-dealkylation sites (tertiary alicyclic amines) is 1. The zero-order chi connectivity index (χ0) is 74.7. The van der Waals surface area contributed by atoms with E-state index >= 15 is 0 Å². The fourth-order valence-electron chi connectivity index (χ4n) is 12.9. The monoisotopic (exact) mass is 1420 g/mol. The molecule has 0 radical (unpaired) electrons. The van der Waals surface area contributed by atoms with Crippen molar-refractivity contribution < 1.29 is 72.7 Å². The minimum atomic E-state index is -1.11. The van der Waals surface area contributed by atoms with Crippen LogP contribution < -0.4 is 37.6 Å². The first-order valence-electron chi connectivity index (χ1n) is 35.5. The molecule has 4 rings (SSSR count). The molecule has 560 valence electrons. The highest BCUT2D eigenvalue weighted by Crippen LogP contribution is 2.39. The standard InChI is InChI=1S/C73H117N11O15S/c1-17-46(10)63(55(97-15)40-58(86)83-39-27-31-54(83)65(98-16)47(11)66(89)76-48(12)64(88)50-28-22-20-23-29-50)81(13)71(94)61(44(6)7)80-69(92)62(45(8)9)82(14)73(96)99-42-49-33-35-51(36-34-49)77-67(90)53(30-26-37-75-72(74)95)78-68(91)60(43(4)5)79-57(85)32-24-21-25-38-84-59(87)41-56(70(84)93)100-52(18-2)19-3/h20,22-23,28-29,33-36,41,43-48,52-55,60-65,87-88,93H,17-19,21,24-27,30-32,37-40,42H2,1-16H3,(H,76,89)(H,77,90)(H,78,91)(H,79,85)(H,80,92)(H3,74,75,95). The number of nitrogens with one attached hydrogen (secondary N) is 6. The molecule has 12 unspecified atom stereocenters. The zero-order valence-corrected chi connectivity index (χ0v) is 62.7. The van der Waals surface area contributed by atoms with E-state index < -0.39 is 114 Å². The highest BCUT2D eigenvalue weighted by Gasteiger charge is 2.44. The number of nitrogens with zero attached hydrogens (tertiary/aromatic N) is 4. The number of carbonyl (C=O) groups is 9. The third-order valence-corrected chi connectivity index (χ3v) is 20.6. The van der Waals surface area contributed by atoms with Crippen molar-refractivity contribution in [3.05, 3.63) is 71.8 Å². The molecule has 0 bridgehead atoms. The number of likely N-dealkylation sites (N-methyl/N-ethyl adjacent to an activating group) is 2. The van der Waals surface area contributed by atoms with E-state index in [0.29, 0.717) is 78.6 Å². The molecular weight excluding hydrogens is 1300 g/mol. The number of methoxy groups -OCH3 is 2. The Labute approximate surface area is 596 Å². The number of aliphatic hydroxyl groups excluding tert-OH is 1. The number of anilines is 1. The highest BCUT2D eigenvalue weighted by atomic mass is 32.2. The average Bonchev–Trinajstić information content (AvgIpc) is 1.56. The van der Waals surface area contributed by atoms with Gasteiger partial charge in [0.2, 0.25) is 47.2 Å². The highest BCUT2D eigenvalue weighted by molar-refractivity contribution is 8.00. The van der Waals surface area contributed by atoms with Crippen molar-refractivity contribution in [2.45, 2.75) is 244 Å². The fraction of sp³-hybridized carbons (Fsp3) is 0.658. The van der Waals surface area contributed by atoms with Crippen LogP contribution >= 0.6 is 11.8 Å². The molecule has 0 aliphatic carbocycles. The zero-order valence-electron chi connectivity index (χ0n) is 61.8. The number of benzene rings is 2. The van der Waals surface area contributed by atoms with Crippen molar-refractivity contribution in [2.24, 2.45) is 35.3 Å². The number of aliphatic hydroxyl groups is 1. The molecule has 27 heteroatoms. The topological polar surface area (TPSA) is 355 Å². The molecule has 1 aromatic heterocycles. The number of nitrogens with two attached hydrogens (primary N) is 1. The number of aromatic hydroxyl groups is 2. The van der Waals surface area contributed by atoms with Crippen LogP contribution in [-0.2, 0) is 60.9 Å². The summed E-state index contributed by atoms with van der Waals surface area (Å²) < 4.78 is 19.2. The molecule has 100 heavy (non-hydrogen) atoms. The second kappa shape index (κ2) is 42.0. The van der Waals surface area contributed by atoms with Gasteiger partial charge in [0.25, 0.3) is 0 Å². The Morgan fingerprint density at radius 3 is 1.95 bits per heavy atom. The first-order chi connectivity index (χ1) is 47.3. The van der Waals surface area contributed by atoms with Gasteiger partial charge in [-0.3, -0.25) is 43.0 Å². The molecule has 2 heterocycles. The number of unbranched alkanes of at least 4 members (excludes halogenated alkanes) is 2. The number of hydrogen-bond acceptors (Lipinski definition) is 16. The second-order valence-corrected chi connectivity index (χ2v) is 28.8. The van der Waals surface area contributed by atoms with Crippen LogP contribution in [0.15, 0.2) is 65.6 Å². The predicted molar refractivity (Wildman–Crippen MR) is 386 cm³/mol. The largest absolute Gasteiger partial charge is 0.494 e. The van der Waals surface area contributed by atoms with E-state index in [-0.39, 0.29) is 80.2 Å². The van der Waals surface area contributed by atoms with Gasteiger partial charge in [0.15, 0.2) is 5.88 Å². The van der Waals surface area contributed by atoms with Gasteiger partial charge in [0.05, 0.1) is 53.7 Å². The summed E-state index contributed by atoms with van der Waals surface area (Å²) in [5, 5.41) is 49.4. The van der Waals surface area contributed by atoms with Crippen LogP contribution in [0.3, 0.4) is 0 Å². The number of thioether (sulfide) groups is 1. The van der Waals surface area contributed by atoms with E-state index in [2.05, 4.69) is 45.7 Å². The van der Waals surface area contributed by atoms with Crippen molar-refractivity contribution in [3.8, 4) is 11.8 Å². The lowest BCUT2D eigenvalue weighted by Crippen LogP contribution is -2.60. The van der Waals surface area contributed by atoms with Gasteiger partial charge in [0.1, 0.15) is 30.8 Å². The average molecular weight is 1420 g/mol.